The Bertz CT molecular complexity index is 736. The number of anilines is 1. The molecule has 0 radical (unpaired) electrons. The smallest absolute Gasteiger partial charge is 0.261 e. The van der Waals surface area contributed by atoms with Gasteiger partial charge in [0.2, 0.25) is 0 Å². The van der Waals surface area contributed by atoms with Crippen LogP contribution < -0.4 is 5.32 Å². The van der Waals surface area contributed by atoms with Gasteiger partial charge in [-0.15, -0.1) is 6.58 Å². The van der Waals surface area contributed by atoms with Crippen molar-refractivity contribution in [3.8, 4) is 0 Å². The van der Waals surface area contributed by atoms with Gasteiger partial charge in [-0.25, -0.2) is 0 Å². The highest BCUT2D eigenvalue weighted by Crippen LogP contribution is 2.23. The van der Waals surface area contributed by atoms with Crippen molar-refractivity contribution in [3.05, 3.63) is 76.8 Å². The van der Waals surface area contributed by atoms with Crippen LogP contribution in [-0.2, 0) is 0 Å². The van der Waals surface area contributed by atoms with E-state index in [-0.39, 0.29) is 24.4 Å². The number of nitrogens with zero attached hydrogens (tertiary/aromatic N) is 1. The molecule has 4 nitrogen and oxygen atoms in total. The molecule has 2 aromatic carbocycles. The molecule has 1 heterocycles. The first-order valence-corrected chi connectivity index (χ1v) is 7.99. The van der Waals surface area contributed by atoms with Gasteiger partial charge in [-0.05, 0) is 36.4 Å². The zero-order valence-corrected chi connectivity index (χ0v) is 13.9. The van der Waals surface area contributed by atoms with Crippen LogP contribution in [0, 0.1) is 0 Å². The molecule has 0 saturated carbocycles. The van der Waals surface area contributed by atoms with Crippen LogP contribution in [0.3, 0.4) is 0 Å². The third-order valence-electron chi connectivity index (χ3n) is 3.74. The van der Waals surface area contributed by atoms with Crippen LogP contribution in [0.1, 0.15) is 20.7 Å². The van der Waals surface area contributed by atoms with Crippen molar-refractivity contribution in [2.45, 2.75) is 6.04 Å². The molecule has 1 aliphatic heterocycles. The quantitative estimate of drug-likeness (QED) is 0.644. The van der Waals surface area contributed by atoms with Crippen LogP contribution >= 0.6 is 15.9 Å². The van der Waals surface area contributed by atoms with Crippen molar-refractivity contribution < 1.29 is 9.59 Å². The van der Waals surface area contributed by atoms with E-state index >= 15 is 0 Å². The van der Waals surface area contributed by atoms with Gasteiger partial charge in [0.15, 0.2) is 0 Å². The third-order valence-corrected chi connectivity index (χ3v) is 4.27. The number of halogens is 1. The molecule has 1 aliphatic rings. The average molecular weight is 371 g/mol. The van der Waals surface area contributed by atoms with E-state index in [1.165, 1.54) is 4.90 Å². The van der Waals surface area contributed by atoms with Crippen LogP contribution in [-0.4, -0.2) is 29.3 Å². The third kappa shape index (κ3) is 3.05. The second kappa shape index (κ2) is 6.38. The zero-order chi connectivity index (χ0) is 16.4. The van der Waals surface area contributed by atoms with Crippen LogP contribution in [0.15, 0.2) is 65.7 Å². The van der Waals surface area contributed by atoms with Gasteiger partial charge >= 0.3 is 0 Å². The molecule has 0 aromatic heterocycles. The average Bonchev–Trinajstić information content (AvgIpc) is 2.81. The van der Waals surface area contributed by atoms with E-state index in [0.717, 1.165) is 10.2 Å². The van der Waals surface area contributed by atoms with Gasteiger partial charge in [0, 0.05) is 10.2 Å². The Labute approximate surface area is 142 Å². The van der Waals surface area contributed by atoms with E-state index < -0.39 is 0 Å². The topological polar surface area (TPSA) is 49.4 Å². The van der Waals surface area contributed by atoms with Gasteiger partial charge < -0.3 is 5.32 Å². The van der Waals surface area contributed by atoms with E-state index in [4.69, 9.17) is 0 Å². The van der Waals surface area contributed by atoms with Gasteiger partial charge in [0.05, 0.1) is 23.7 Å². The lowest BCUT2D eigenvalue weighted by molar-refractivity contribution is 0.0653. The van der Waals surface area contributed by atoms with E-state index in [9.17, 15) is 9.59 Å². The fourth-order valence-corrected chi connectivity index (χ4v) is 2.81. The van der Waals surface area contributed by atoms with Crippen molar-refractivity contribution in [1.82, 2.24) is 4.90 Å². The van der Waals surface area contributed by atoms with Gasteiger partial charge in [-0.2, -0.15) is 0 Å². The van der Waals surface area contributed by atoms with Crippen molar-refractivity contribution in [2.24, 2.45) is 0 Å². The second-order valence-corrected chi connectivity index (χ2v) is 6.18. The summed E-state index contributed by atoms with van der Waals surface area (Å²) in [5.41, 5.74) is 1.82. The Morgan fingerprint density at radius 2 is 1.61 bits per heavy atom. The molecule has 0 bridgehead atoms. The Morgan fingerprint density at radius 1 is 1.04 bits per heavy atom. The number of hydrogen-bond acceptors (Lipinski definition) is 3. The summed E-state index contributed by atoms with van der Waals surface area (Å²) in [5, 5.41) is 3.27. The van der Waals surface area contributed by atoms with Crippen molar-refractivity contribution in [3.63, 3.8) is 0 Å². The first-order valence-electron chi connectivity index (χ1n) is 7.20. The highest BCUT2D eigenvalue weighted by Gasteiger charge is 2.35. The number of imide groups is 1. The molecule has 2 aromatic rings. The molecule has 0 spiro atoms. The number of fused-ring (bicyclic) bond motifs is 1. The van der Waals surface area contributed by atoms with Crippen LogP contribution in [0.25, 0.3) is 0 Å². The second-order valence-electron chi connectivity index (χ2n) is 5.26. The molecule has 0 saturated heterocycles. The predicted octanol–water partition coefficient (Wildman–Crippen LogP) is 3.71. The number of nitrogens with one attached hydrogen (secondary N) is 1. The molecular weight excluding hydrogens is 356 g/mol. The van der Waals surface area contributed by atoms with Crippen LogP contribution in [0.2, 0.25) is 0 Å². The maximum atomic E-state index is 12.4. The first-order chi connectivity index (χ1) is 11.1. The number of benzene rings is 2. The van der Waals surface area contributed by atoms with E-state index in [1.807, 2.05) is 24.3 Å². The van der Waals surface area contributed by atoms with Gasteiger partial charge in [-0.3, -0.25) is 14.5 Å². The van der Waals surface area contributed by atoms with E-state index in [1.54, 1.807) is 30.3 Å². The van der Waals surface area contributed by atoms with Crippen LogP contribution in [0.4, 0.5) is 5.69 Å². The fraction of sp³-hybridized carbons (Fsp3) is 0.111. The maximum Gasteiger partial charge on any atom is 0.261 e. The summed E-state index contributed by atoms with van der Waals surface area (Å²) in [7, 11) is 0. The van der Waals surface area contributed by atoms with Crippen molar-refractivity contribution in [1.29, 1.82) is 0 Å². The Kier molecular flexibility index (Phi) is 4.30. The highest BCUT2D eigenvalue weighted by molar-refractivity contribution is 9.10. The van der Waals surface area contributed by atoms with Crippen molar-refractivity contribution in [2.75, 3.05) is 11.9 Å². The van der Waals surface area contributed by atoms with Gasteiger partial charge in [0.1, 0.15) is 0 Å². The minimum atomic E-state index is -0.255. The normalized spacial score (nSPS) is 14.6. The molecule has 0 aliphatic carbocycles. The highest BCUT2D eigenvalue weighted by atomic mass is 79.9. The number of carbonyl (C=O) groups excluding carboxylic acids is 2. The largest absolute Gasteiger partial charge is 0.377 e. The number of hydrogen-bond donors (Lipinski definition) is 1. The minimum Gasteiger partial charge on any atom is -0.377 e. The lowest BCUT2D eigenvalue weighted by atomic mass is 10.1. The van der Waals surface area contributed by atoms with E-state index in [2.05, 4.69) is 27.8 Å². The monoisotopic (exact) mass is 370 g/mol. The minimum absolute atomic E-state index is 0.224. The molecule has 23 heavy (non-hydrogen) atoms. The summed E-state index contributed by atoms with van der Waals surface area (Å²) in [5.74, 6) is -0.509. The van der Waals surface area contributed by atoms with Gasteiger partial charge in [-0.1, -0.05) is 34.1 Å². The van der Waals surface area contributed by atoms with E-state index in [0.29, 0.717) is 11.1 Å². The Morgan fingerprint density at radius 3 is 2.13 bits per heavy atom. The molecule has 2 amide bonds. The Balaban J connectivity index is 1.75. The fourth-order valence-electron chi connectivity index (χ4n) is 2.54. The van der Waals surface area contributed by atoms with Gasteiger partial charge in [0.25, 0.3) is 11.8 Å². The first kappa shape index (κ1) is 15.5. The molecular formula is C18H15BrN2O2. The number of rotatable bonds is 5. The summed E-state index contributed by atoms with van der Waals surface area (Å²) >= 11 is 3.39. The summed E-state index contributed by atoms with van der Waals surface area (Å²) in [4.78, 5) is 26.1. The molecule has 3 rings (SSSR count). The molecule has 1 N–H and O–H groups in total. The lowest BCUT2D eigenvalue weighted by Crippen LogP contribution is -2.39. The van der Waals surface area contributed by atoms with Crippen molar-refractivity contribution >= 4 is 33.4 Å². The predicted molar refractivity (Wildman–Crippen MR) is 93.6 cm³/mol. The SMILES string of the molecule is C=C[C@@H](CN1C(=O)c2ccccc2C1=O)Nc1ccc(Br)cc1. The molecule has 116 valence electrons. The number of amides is 2. The molecule has 0 fully saturated rings. The summed E-state index contributed by atoms with van der Waals surface area (Å²) in [6.45, 7) is 4.04. The van der Waals surface area contributed by atoms with Crippen LogP contribution in [0.5, 0.6) is 0 Å². The molecule has 1 atom stereocenters. The standard InChI is InChI=1S/C18H15BrN2O2/c1-2-13(20-14-9-7-12(19)8-10-14)11-21-17(22)15-5-3-4-6-16(15)18(21)23/h2-10,13,20H,1,11H2/t13-/m0/s1. The lowest BCUT2D eigenvalue weighted by Gasteiger charge is -2.22. The summed E-state index contributed by atoms with van der Waals surface area (Å²) in [6.07, 6.45) is 1.70. The summed E-state index contributed by atoms with van der Waals surface area (Å²) in [6, 6.07) is 14.3. The zero-order valence-electron chi connectivity index (χ0n) is 12.3. The summed E-state index contributed by atoms with van der Waals surface area (Å²) < 4.78 is 0.985. The maximum absolute atomic E-state index is 12.4. The molecule has 5 heteroatoms. The number of carbonyl (C=O) groups is 2. The molecule has 0 unspecified atom stereocenters. The Hall–Kier alpha value is -2.40.